The molecule has 0 spiro atoms. The Hall–Kier alpha value is -2.08. The number of nitrogen functional groups attached to an aromatic ring is 1. The van der Waals surface area contributed by atoms with Crippen LogP contribution in [0.3, 0.4) is 0 Å². The molecule has 110 valence electrons. The van der Waals surface area contributed by atoms with Crippen LogP contribution < -0.4 is 11.1 Å². The number of hydrogen-bond donors (Lipinski definition) is 2. The first-order chi connectivity index (χ1) is 9.42. The van der Waals surface area contributed by atoms with Crippen molar-refractivity contribution < 1.29 is 9.59 Å². The fraction of sp³-hybridized carbons (Fsp3) is 0.429. The molecule has 0 heterocycles. The van der Waals surface area contributed by atoms with Gasteiger partial charge in [-0.15, -0.1) is 0 Å². The number of nitrogens with two attached hydrogens (primary N) is 1. The standard InChI is InChI=1S/C14H22N4O2/c1-4-18(10-14(20)17(2)3)9-13(19)16-12-7-5-6-11(15)8-12/h5-8H,4,9-10,15H2,1-3H3,(H,16,19). The van der Waals surface area contributed by atoms with Crippen LogP contribution in [0.15, 0.2) is 24.3 Å². The zero-order chi connectivity index (χ0) is 15.1. The largest absolute Gasteiger partial charge is 0.399 e. The number of nitrogens with one attached hydrogen (secondary N) is 1. The molecule has 20 heavy (non-hydrogen) atoms. The summed E-state index contributed by atoms with van der Waals surface area (Å²) in [6.45, 7) is 2.94. The van der Waals surface area contributed by atoms with Crippen molar-refractivity contribution in [3.63, 3.8) is 0 Å². The molecule has 0 saturated carbocycles. The van der Waals surface area contributed by atoms with Crippen LogP contribution in [-0.2, 0) is 9.59 Å². The van der Waals surface area contributed by atoms with E-state index in [-0.39, 0.29) is 24.9 Å². The molecule has 0 aliphatic carbocycles. The van der Waals surface area contributed by atoms with Gasteiger partial charge in [0.2, 0.25) is 11.8 Å². The lowest BCUT2D eigenvalue weighted by Crippen LogP contribution is -2.40. The van der Waals surface area contributed by atoms with Gasteiger partial charge < -0.3 is 16.0 Å². The van der Waals surface area contributed by atoms with Gasteiger partial charge in [0, 0.05) is 25.5 Å². The Balaban J connectivity index is 2.53. The van der Waals surface area contributed by atoms with Gasteiger partial charge in [0.15, 0.2) is 0 Å². The van der Waals surface area contributed by atoms with E-state index in [4.69, 9.17) is 5.73 Å². The fourth-order valence-corrected chi connectivity index (χ4v) is 1.63. The van der Waals surface area contributed by atoms with E-state index in [9.17, 15) is 9.59 Å². The average Bonchev–Trinajstić information content (AvgIpc) is 2.37. The molecule has 2 amide bonds. The van der Waals surface area contributed by atoms with Crippen LogP contribution in [0.5, 0.6) is 0 Å². The highest BCUT2D eigenvalue weighted by molar-refractivity contribution is 5.93. The maximum Gasteiger partial charge on any atom is 0.238 e. The molecule has 1 aromatic rings. The molecule has 0 atom stereocenters. The maximum atomic E-state index is 11.9. The van der Waals surface area contributed by atoms with Crippen LogP contribution in [-0.4, -0.2) is 55.3 Å². The number of benzene rings is 1. The molecule has 6 heteroatoms. The second-order valence-corrected chi connectivity index (χ2v) is 4.77. The summed E-state index contributed by atoms with van der Waals surface area (Å²) in [4.78, 5) is 26.9. The third kappa shape index (κ3) is 5.27. The minimum absolute atomic E-state index is 0.0244. The molecule has 1 rings (SSSR count). The van der Waals surface area contributed by atoms with E-state index in [1.165, 1.54) is 4.90 Å². The number of carbonyl (C=O) groups is 2. The molecule has 0 aromatic heterocycles. The van der Waals surface area contributed by atoms with Crippen LogP contribution in [0.25, 0.3) is 0 Å². The lowest BCUT2D eigenvalue weighted by atomic mass is 10.3. The number of nitrogens with zero attached hydrogens (tertiary/aromatic N) is 2. The molecular formula is C14H22N4O2. The Morgan fingerprint density at radius 1 is 1.25 bits per heavy atom. The van der Waals surface area contributed by atoms with Crippen molar-refractivity contribution in [2.45, 2.75) is 6.92 Å². The molecule has 0 fully saturated rings. The Bertz CT molecular complexity index is 474. The Morgan fingerprint density at radius 2 is 1.95 bits per heavy atom. The smallest absolute Gasteiger partial charge is 0.238 e. The third-order valence-electron chi connectivity index (χ3n) is 2.84. The van der Waals surface area contributed by atoms with E-state index >= 15 is 0 Å². The van der Waals surface area contributed by atoms with Crippen molar-refractivity contribution >= 4 is 23.2 Å². The highest BCUT2D eigenvalue weighted by Crippen LogP contribution is 2.11. The van der Waals surface area contributed by atoms with Gasteiger partial charge in [0.05, 0.1) is 13.1 Å². The molecular weight excluding hydrogens is 256 g/mol. The molecule has 0 radical (unpaired) electrons. The number of amides is 2. The summed E-state index contributed by atoms with van der Waals surface area (Å²) in [5.74, 6) is -0.187. The third-order valence-corrected chi connectivity index (χ3v) is 2.84. The van der Waals surface area contributed by atoms with Gasteiger partial charge in [-0.2, -0.15) is 0 Å². The minimum Gasteiger partial charge on any atom is -0.399 e. The van der Waals surface area contributed by atoms with Crippen molar-refractivity contribution in [1.29, 1.82) is 0 Å². The number of rotatable bonds is 6. The van der Waals surface area contributed by atoms with Crippen molar-refractivity contribution in [2.75, 3.05) is 44.8 Å². The van der Waals surface area contributed by atoms with Gasteiger partial charge in [0.25, 0.3) is 0 Å². The Kier molecular flexibility index (Phi) is 5.99. The molecule has 0 saturated heterocycles. The van der Waals surface area contributed by atoms with Crippen molar-refractivity contribution in [1.82, 2.24) is 9.80 Å². The summed E-state index contributed by atoms with van der Waals surface area (Å²) >= 11 is 0. The molecule has 3 N–H and O–H groups in total. The number of anilines is 2. The molecule has 0 bridgehead atoms. The van der Waals surface area contributed by atoms with Crippen molar-refractivity contribution in [2.24, 2.45) is 0 Å². The van der Waals surface area contributed by atoms with Gasteiger partial charge in [-0.3, -0.25) is 14.5 Å². The van der Waals surface area contributed by atoms with Crippen LogP contribution in [0, 0.1) is 0 Å². The Labute approximate surface area is 119 Å². The van der Waals surface area contributed by atoms with Crippen LogP contribution in [0.4, 0.5) is 11.4 Å². The summed E-state index contributed by atoms with van der Waals surface area (Å²) in [7, 11) is 3.39. The number of hydrogen-bond acceptors (Lipinski definition) is 4. The average molecular weight is 278 g/mol. The van der Waals surface area contributed by atoms with Crippen LogP contribution >= 0.6 is 0 Å². The quantitative estimate of drug-likeness (QED) is 0.748. The molecule has 0 aliphatic rings. The predicted molar refractivity (Wildman–Crippen MR) is 80.3 cm³/mol. The van der Waals surface area contributed by atoms with E-state index < -0.39 is 0 Å². The van der Waals surface area contributed by atoms with E-state index in [1.54, 1.807) is 43.3 Å². The van der Waals surface area contributed by atoms with Crippen LogP contribution in [0.2, 0.25) is 0 Å². The zero-order valence-electron chi connectivity index (χ0n) is 12.2. The molecule has 0 unspecified atom stereocenters. The SMILES string of the molecule is CCN(CC(=O)Nc1cccc(N)c1)CC(=O)N(C)C. The van der Waals surface area contributed by atoms with E-state index in [1.807, 2.05) is 6.92 Å². The second kappa shape index (κ2) is 7.49. The zero-order valence-corrected chi connectivity index (χ0v) is 12.2. The maximum absolute atomic E-state index is 11.9. The summed E-state index contributed by atoms with van der Waals surface area (Å²) in [5, 5.41) is 2.76. The summed E-state index contributed by atoms with van der Waals surface area (Å²) in [6.07, 6.45) is 0. The Morgan fingerprint density at radius 3 is 2.50 bits per heavy atom. The molecule has 0 aliphatic heterocycles. The summed E-state index contributed by atoms with van der Waals surface area (Å²) in [6, 6.07) is 7.00. The molecule has 1 aromatic carbocycles. The second-order valence-electron chi connectivity index (χ2n) is 4.77. The van der Waals surface area contributed by atoms with Crippen molar-refractivity contribution in [3.05, 3.63) is 24.3 Å². The van der Waals surface area contributed by atoms with E-state index in [0.29, 0.717) is 17.9 Å². The van der Waals surface area contributed by atoms with E-state index in [0.717, 1.165) is 0 Å². The first kappa shape index (κ1) is 16.0. The van der Waals surface area contributed by atoms with Gasteiger partial charge >= 0.3 is 0 Å². The highest BCUT2D eigenvalue weighted by Gasteiger charge is 2.14. The number of likely N-dealkylation sites (N-methyl/N-ethyl adjacent to an activating group) is 2. The minimum atomic E-state index is -0.163. The lowest BCUT2D eigenvalue weighted by molar-refractivity contribution is -0.130. The normalized spacial score (nSPS) is 10.4. The van der Waals surface area contributed by atoms with Crippen LogP contribution in [0.1, 0.15) is 6.92 Å². The number of carbonyl (C=O) groups excluding carboxylic acids is 2. The van der Waals surface area contributed by atoms with E-state index in [2.05, 4.69) is 5.32 Å². The topological polar surface area (TPSA) is 78.7 Å². The predicted octanol–water partition coefficient (Wildman–Crippen LogP) is 0.617. The van der Waals surface area contributed by atoms with Gasteiger partial charge in [-0.25, -0.2) is 0 Å². The van der Waals surface area contributed by atoms with Gasteiger partial charge in [-0.05, 0) is 24.7 Å². The monoisotopic (exact) mass is 278 g/mol. The highest BCUT2D eigenvalue weighted by atomic mass is 16.2. The van der Waals surface area contributed by atoms with Gasteiger partial charge in [0.1, 0.15) is 0 Å². The first-order valence-corrected chi connectivity index (χ1v) is 6.50. The molecule has 6 nitrogen and oxygen atoms in total. The fourth-order valence-electron chi connectivity index (χ4n) is 1.63. The first-order valence-electron chi connectivity index (χ1n) is 6.50. The van der Waals surface area contributed by atoms with Crippen molar-refractivity contribution in [3.8, 4) is 0 Å². The van der Waals surface area contributed by atoms with Gasteiger partial charge in [-0.1, -0.05) is 13.0 Å². The summed E-state index contributed by atoms with van der Waals surface area (Å²) < 4.78 is 0. The lowest BCUT2D eigenvalue weighted by Gasteiger charge is -2.21. The summed E-state index contributed by atoms with van der Waals surface area (Å²) in [5.41, 5.74) is 6.90.